The molecule has 20 heavy (non-hydrogen) atoms. The van der Waals surface area contributed by atoms with E-state index in [9.17, 15) is 9.50 Å². The van der Waals surface area contributed by atoms with Crippen molar-refractivity contribution >= 4 is 0 Å². The molecule has 2 nitrogen and oxygen atoms in total. The fourth-order valence-corrected chi connectivity index (χ4v) is 4.12. The van der Waals surface area contributed by atoms with E-state index in [4.69, 9.17) is 4.74 Å². The fraction of sp³-hybridized carbons (Fsp3) is 0.647. The quantitative estimate of drug-likeness (QED) is 0.880. The summed E-state index contributed by atoms with van der Waals surface area (Å²) in [7, 11) is 1.46. The second kappa shape index (κ2) is 5.03. The van der Waals surface area contributed by atoms with Crippen molar-refractivity contribution in [3.63, 3.8) is 0 Å². The standard InChI is InChI=1S/C17H23FO2/c1-20-14-6-4-5-13(15(14)18)17(19)11-9-16(10-12-17)7-2-3-8-16/h4-6,19H,2-3,7-12H2,1H3. The molecule has 1 aromatic carbocycles. The molecule has 0 amide bonds. The van der Waals surface area contributed by atoms with Gasteiger partial charge in [-0.1, -0.05) is 25.0 Å². The predicted octanol–water partition coefficient (Wildman–Crippen LogP) is 4.16. The average Bonchev–Trinajstić information content (AvgIpc) is 2.92. The zero-order valence-electron chi connectivity index (χ0n) is 12.1. The van der Waals surface area contributed by atoms with Gasteiger partial charge in [0.15, 0.2) is 11.6 Å². The Morgan fingerprint density at radius 2 is 1.70 bits per heavy atom. The molecule has 0 bridgehead atoms. The topological polar surface area (TPSA) is 29.5 Å². The summed E-state index contributed by atoms with van der Waals surface area (Å²) < 4.78 is 19.4. The first-order valence-electron chi connectivity index (χ1n) is 7.64. The van der Waals surface area contributed by atoms with E-state index in [1.54, 1.807) is 18.2 Å². The fourth-order valence-electron chi connectivity index (χ4n) is 4.12. The number of ether oxygens (including phenoxy) is 1. The van der Waals surface area contributed by atoms with Crippen LogP contribution in [0.1, 0.15) is 56.9 Å². The Kier molecular flexibility index (Phi) is 3.49. The van der Waals surface area contributed by atoms with Gasteiger partial charge in [-0.05, 0) is 50.0 Å². The lowest BCUT2D eigenvalue weighted by molar-refractivity contribution is -0.0402. The minimum atomic E-state index is -1.02. The van der Waals surface area contributed by atoms with E-state index in [0.29, 0.717) is 23.8 Å². The zero-order chi connectivity index (χ0) is 14.2. The van der Waals surface area contributed by atoms with E-state index in [2.05, 4.69) is 0 Å². The van der Waals surface area contributed by atoms with Crippen LogP contribution in [0.4, 0.5) is 4.39 Å². The molecule has 0 saturated heterocycles. The third kappa shape index (κ3) is 2.22. The van der Waals surface area contributed by atoms with E-state index in [-0.39, 0.29) is 5.75 Å². The zero-order valence-corrected chi connectivity index (χ0v) is 12.1. The smallest absolute Gasteiger partial charge is 0.171 e. The normalized spacial score (nSPS) is 23.9. The molecule has 0 unspecified atom stereocenters. The summed E-state index contributed by atoms with van der Waals surface area (Å²) in [5.74, 6) is -0.183. The molecular formula is C17H23FO2. The molecule has 1 aromatic rings. The maximum absolute atomic E-state index is 14.4. The van der Waals surface area contributed by atoms with Crippen LogP contribution in [-0.4, -0.2) is 12.2 Å². The van der Waals surface area contributed by atoms with Gasteiger partial charge in [0.05, 0.1) is 12.7 Å². The molecular weight excluding hydrogens is 255 g/mol. The highest BCUT2D eigenvalue weighted by atomic mass is 19.1. The van der Waals surface area contributed by atoms with Crippen molar-refractivity contribution in [1.29, 1.82) is 0 Å². The van der Waals surface area contributed by atoms with E-state index >= 15 is 0 Å². The number of hydrogen-bond acceptors (Lipinski definition) is 2. The number of benzene rings is 1. The van der Waals surface area contributed by atoms with Crippen LogP contribution in [0.5, 0.6) is 5.75 Å². The summed E-state index contributed by atoms with van der Waals surface area (Å²) in [5, 5.41) is 10.9. The van der Waals surface area contributed by atoms with Crippen molar-refractivity contribution < 1.29 is 14.2 Å². The summed E-state index contributed by atoms with van der Waals surface area (Å²) in [6.07, 6.45) is 8.54. The predicted molar refractivity (Wildman–Crippen MR) is 76.2 cm³/mol. The summed E-state index contributed by atoms with van der Waals surface area (Å²) in [4.78, 5) is 0. The summed E-state index contributed by atoms with van der Waals surface area (Å²) in [5.41, 5.74) is -0.182. The molecule has 3 rings (SSSR count). The Labute approximate surface area is 120 Å². The average molecular weight is 278 g/mol. The molecule has 0 radical (unpaired) electrons. The molecule has 1 spiro atoms. The van der Waals surface area contributed by atoms with Crippen molar-refractivity contribution in [2.75, 3.05) is 7.11 Å². The molecule has 2 saturated carbocycles. The Morgan fingerprint density at radius 3 is 2.30 bits per heavy atom. The molecule has 110 valence electrons. The van der Waals surface area contributed by atoms with Crippen LogP contribution in [0.2, 0.25) is 0 Å². The second-order valence-electron chi connectivity index (χ2n) is 6.56. The van der Waals surface area contributed by atoms with Gasteiger partial charge in [-0.25, -0.2) is 4.39 Å². The van der Waals surface area contributed by atoms with E-state index in [1.165, 1.54) is 32.8 Å². The third-order valence-electron chi connectivity index (χ3n) is 5.49. The first kappa shape index (κ1) is 13.9. The van der Waals surface area contributed by atoms with Crippen LogP contribution < -0.4 is 4.74 Å². The van der Waals surface area contributed by atoms with E-state index in [0.717, 1.165) is 12.8 Å². The minimum Gasteiger partial charge on any atom is -0.494 e. The number of aliphatic hydroxyl groups is 1. The van der Waals surface area contributed by atoms with Crippen LogP contribution in [-0.2, 0) is 5.60 Å². The summed E-state index contributed by atoms with van der Waals surface area (Å²) in [6.45, 7) is 0. The first-order valence-corrected chi connectivity index (χ1v) is 7.64. The highest BCUT2D eigenvalue weighted by molar-refractivity contribution is 5.35. The van der Waals surface area contributed by atoms with Crippen molar-refractivity contribution in [2.45, 2.75) is 57.0 Å². The molecule has 0 aromatic heterocycles. The van der Waals surface area contributed by atoms with Crippen molar-refractivity contribution in [2.24, 2.45) is 5.41 Å². The van der Waals surface area contributed by atoms with Gasteiger partial charge in [0.25, 0.3) is 0 Å². The van der Waals surface area contributed by atoms with Crippen molar-refractivity contribution in [3.05, 3.63) is 29.6 Å². The lowest BCUT2D eigenvalue weighted by atomic mass is 9.66. The van der Waals surface area contributed by atoms with Crippen LogP contribution in [0.15, 0.2) is 18.2 Å². The van der Waals surface area contributed by atoms with E-state index < -0.39 is 11.4 Å². The van der Waals surface area contributed by atoms with Crippen LogP contribution in [0.25, 0.3) is 0 Å². The van der Waals surface area contributed by atoms with Crippen molar-refractivity contribution in [3.8, 4) is 5.75 Å². The Bertz CT molecular complexity index is 482. The van der Waals surface area contributed by atoms with Gasteiger partial charge in [0.2, 0.25) is 0 Å². The minimum absolute atomic E-state index is 0.220. The van der Waals surface area contributed by atoms with Gasteiger partial charge < -0.3 is 9.84 Å². The Morgan fingerprint density at radius 1 is 1.05 bits per heavy atom. The number of methoxy groups -OCH3 is 1. The largest absolute Gasteiger partial charge is 0.494 e. The Hall–Kier alpha value is -1.09. The lowest BCUT2D eigenvalue weighted by Crippen LogP contribution is -2.36. The van der Waals surface area contributed by atoms with Gasteiger partial charge in [-0.15, -0.1) is 0 Å². The second-order valence-corrected chi connectivity index (χ2v) is 6.56. The molecule has 2 aliphatic carbocycles. The van der Waals surface area contributed by atoms with Gasteiger partial charge >= 0.3 is 0 Å². The van der Waals surface area contributed by atoms with Gasteiger partial charge in [0, 0.05) is 5.56 Å². The van der Waals surface area contributed by atoms with E-state index in [1.807, 2.05) is 0 Å². The first-order chi connectivity index (χ1) is 9.59. The highest BCUT2D eigenvalue weighted by Crippen LogP contribution is 2.54. The molecule has 0 atom stereocenters. The van der Waals surface area contributed by atoms with Gasteiger partial charge in [-0.3, -0.25) is 0 Å². The van der Waals surface area contributed by atoms with Crippen LogP contribution in [0, 0.1) is 11.2 Å². The number of halogens is 1. The van der Waals surface area contributed by atoms with Crippen LogP contribution in [0.3, 0.4) is 0 Å². The van der Waals surface area contributed by atoms with Gasteiger partial charge in [-0.2, -0.15) is 0 Å². The Balaban J connectivity index is 1.84. The molecule has 3 heteroatoms. The number of hydrogen-bond donors (Lipinski definition) is 1. The maximum atomic E-state index is 14.4. The maximum Gasteiger partial charge on any atom is 0.171 e. The molecule has 2 fully saturated rings. The third-order valence-corrected chi connectivity index (χ3v) is 5.49. The molecule has 0 aliphatic heterocycles. The van der Waals surface area contributed by atoms with Crippen LogP contribution >= 0.6 is 0 Å². The SMILES string of the molecule is COc1cccc(C2(O)CCC3(CCCC3)CC2)c1F. The lowest BCUT2D eigenvalue weighted by Gasteiger charge is -2.42. The summed E-state index contributed by atoms with van der Waals surface area (Å²) in [6, 6.07) is 5.06. The molecule has 0 heterocycles. The number of rotatable bonds is 2. The molecule has 1 N–H and O–H groups in total. The highest BCUT2D eigenvalue weighted by Gasteiger charge is 2.44. The summed E-state index contributed by atoms with van der Waals surface area (Å²) >= 11 is 0. The monoisotopic (exact) mass is 278 g/mol. The van der Waals surface area contributed by atoms with Crippen molar-refractivity contribution in [1.82, 2.24) is 0 Å². The molecule has 2 aliphatic rings. The van der Waals surface area contributed by atoms with Gasteiger partial charge in [0.1, 0.15) is 0 Å².